The molecule has 0 unspecified atom stereocenters. The fourth-order valence-corrected chi connectivity index (χ4v) is 0.622. The molecule has 0 spiro atoms. The molecule has 0 fully saturated rings. The van der Waals surface area contributed by atoms with Crippen LogP contribution in [0, 0.1) is 0 Å². The topological polar surface area (TPSA) is 66.0 Å². The number of H-pyrrole nitrogens is 1. The van der Waals surface area contributed by atoms with Crippen molar-refractivity contribution >= 4 is 12.0 Å². The highest BCUT2D eigenvalue weighted by Crippen LogP contribution is 2.04. The van der Waals surface area contributed by atoms with Gasteiger partial charge in [0.05, 0.1) is 6.20 Å². The lowest BCUT2D eigenvalue weighted by molar-refractivity contribution is 0.0690. The number of nitrogens with zero attached hydrogens (tertiary/aromatic N) is 1. The van der Waals surface area contributed by atoms with Gasteiger partial charge in [0, 0.05) is 5.56 Å². The van der Waals surface area contributed by atoms with Crippen molar-refractivity contribution in [3.8, 4) is 0 Å². The molecule has 1 aromatic rings. The van der Waals surface area contributed by atoms with E-state index >= 15 is 0 Å². The van der Waals surface area contributed by atoms with Crippen LogP contribution in [0.2, 0.25) is 0 Å². The van der Waals surface area contributed by atoms with Crippen LogP contribution in [0.1, 0.15) is 16.1 Å². The fourth-order valence-electron chi connectivity index (χ4n) is 0.622. The van der Waals surface area contributed by atoms with Crippen LogP contribution in [0.15, 0.2) is 12.8 Å². The van der Waals surface area contributed by atoms with Gasteiger partial charge in [-0.15, -0.1) is 0 Å². The largest absolute Gasteiger partial charge is 0.477 e. The molecule has 0 aliphatic rings. The average Bonchev–Trinajstić information content (AvgIpc) is 2.33. The molecule has 0 radical (unpaired) electrons. The monoisotopic (exact) mass is 138 g/mol. The van der Waals surface area contributed by atoms with E-state index in [0.29, 0.717) is 5.56 Å². The van der Waals surface area contributed by atoms with E-state index in [2.05, 4.69) is 16.8 Å². The Bertz CT molecular complexity index is 264. The molecule has 0 atom stereocenters. The van der Waals surface area contributed by atoms with Crippen LogP contribution >= 0.6 is 0 Å². The molecular formula is C6H6N2O2. The summed E-state index contributed by atoms with van der Waals surface area (Å²) in [4.78, 5) is 10.3. The Morgan fingerprint density at radius 2 is 2.60 bits per heavy atom. The first-order chi connectivity index (χ1) is 4.75. The van der Waals surface area contributed by atoms with Crippen molar-refractivity contribution in [2.24, 2.45) is 0 Å². The van der Waals surface area contributed by atoms with E-state index in [1.807, 2.05) is 0 Å². The quantitative estimate of drug-likeness (QED) is 0.633. The van der Waals surface area contributed by atoms with Gasteiger partial charge in [-0.25, -0.2) is 4.79 Å². The van der Waals surface area contributed by atoms with Crippen LogP contribution in [0.4, 0.5) is 0 Å². The van der Waals surface area contributed by atoms with Gasteiger partial charge < -0.3 is 5.11 Å². The standard InChI is InChI=1S/C6H6N2O2/c1-2-4-3-7-8-5(4)6(9)10/h2-3H,1H2,(H,7,8)(H,9,10). The fraction of sp³-hybridized carbons (Fsp3) is 0. The Hall–Kier alpha value is -1.58. The summed E-state index contributed by atoms with van der Waals surface area (Å²) in [6.07, 6.45) is 2.85. The zero-order valence-electron chi connectivity index (χ0n) is 5.16. The summed E-state index contributed by atoms with van der Waals surface area (Å²) in [6, 6.07) is 0. The van der Waals surface area contributed by atoms with Crippen molar-refractivity contribution in [3.05, 3.63) is 24.0 Å². The van der Waals surface area contributed by atoms with Crippen LogP contribution in [0.25, 0.3) is 6.08 Å². The minimum atomic E-state index is -1.02. The van der Waals surface area contributed by atoms with Crippen molar-refractivity contribution < 1.29 is 9.90 Å². The first-order valence-corrected chi connectivity index (χ1v) is 2.65. The lowest BCUT2D eigenvalue weighted by Gasteiger charge is -1.87. The van der Waals surface area contributed by atoms with E-state index in [4.69, 9.17) is 5.11 Å². The van der Waals surface area contributed by atoms with Crippen LogP contribution in [0.3, 0.4) is 0 Å². The zero-order chi connectivity index (χ0) is 7.56. The third-order valence-electron chi connectivity index (χ3n) is 1.10. The number of aromatic nitrogens is 2. The van der Waals surface area contributed by atoms with E-state index in [9.17, 15) is 4.79 Å². The summed E-state index contributed by atoms with van der Waals surface area (Å²) in [5, 5.41) is 14.3. The Balaban J connectivity index is 3.13. The number of nitrogens with one attached hydrogen (secondary N) is 1. The predicted octanol–water partition coefficient (Wildman–Crippen LogP) is 0.751. The lowest BCUT2D eigenvalue weighted by Crippen LogP contribution is -1.98. The van der Waals surface area contributed by atoms with E-state index in [1.165, 1.54) is 12.3 Å². The maximum Gasteiger partial charge on any atom is 0.354 e. The molecule has 1 heterocycles. The third-order valence-corrected chi connectivity index (χ3v) is 1.10. The number of hydrogen-bond donors (Lipinski definition) is 2. The van der Waals surface area contributed by atoms with Gasteiger partial charge in [-0.05, 0) is 0 Å². The van der Waals surface area contributed by atoms with Gasteiger partial charge in [-0.1, -0.05) is 12.7 Å². The highest BCUT2D eigenvalue weighted by Gasteiger charge is 2.07. The van der Waals surface area contributed by atoms with Crippen molar-refractivity contribution in [2.45, 2.75) is 0 Å². The van der Waals surface area contributed by atoms with Crippen LogP contribution in [-0.2, 0) is 0 Å². The summed E-state index contributed by atoms with van der Waals surface area (Å²) in [6.45, 7) is 3.42. The second kappa shape index (κ2) is 2.34. The predicted molar refractivity (Wildman–Crippen MR) is 35.6 cm³/mol. The molecule has 0 amide bonds. The van der Waals surface area contributed by atoms with E-state index in [1.54, 1.807) is 0 Å². The summed E-state index contributed by atoms with van der Waals surface area (Å²) < 4.78 is 0. The summed E-state index contributed by atoms with van der Waals surface area (Å²) in [5.41, 5.74) is 0.586. The Labute approximate surface area is 57.2 Å². The number of rotatable bonds is 2. The SMILES string of the molecule is C=Cc1cn[nH]c1C(=O)O. The smallest absolute Gasteiger partial charge is 0.354 e. The summed E-state index contributed by atoms with van der Waals surface area (Å²) in [5.74, 6) is -1.02. The molecule has 10 heavy (non-hydrogen) atoms. The average molecular weight is 138 g/mol. The van der Waals surface area contributed by atoms with Gasteiger partial charge in [0.25, 0.3) is 0 Å². The van der Waals surface area contributed by atoms with Gasteiger partial charge in [-0.3, -0.25) is 5.10 Å². The number of carbonyl (C=O) groups is 1. The number of aromatic carboxylic acids is 1. The molecule has 1 rings (SSSR count). The van der Waals surface area contributed by atoms with Gasteiger partial charge in [0.15, 0.2) is 5.69 Å². The van der Waals surface area contributed by atoms with Gasteiger partial charge in [-0.2, -0.15) is 5.10 Å². The van der Waals surface area contributed by atoms with Crippen molar-refractivity contribution in [2.75, 3.05) is 0 Å². The second-order valence-corrected chi connectivity index (χ2v) is 1.71. The van der Waals surface area contributed by atoms with Gasteiger partial charge >= 0.3 is 5.97 Å². The minimum Gasteiger partial charge on any atom is -0.477 e. The first-order valence-electron chi connectivity index (χ1n) is 2.65. The molecule has 4 heteroatoms. The zero-order valence-corrected chi connectivity index (χ0v) is 5.16. The van der Waals surface area contributed by atoms with Gasteiger partial charge in [0.1, 0.15) is 0 Å². The van der Waals surface area contributed by atoms with Crippen molar-refractivity contribution in [1.82, 2.24) is 10.2 Å². The van der Waals surface area contributed by atoms with Crippen molar-refractivity contribution in [3.63, 3.8) is 0 Å². The molecular weight excluding hydrogens is 132 g/mol. The summed E-state index contributed by atoms with van der Waals surface area (Å²) >= 11 is 0. The summed E-state index contributed by atoms with van der Waals surface area (Å²) in [7, 11) is 0. The van der Waals surface area contributed by atoms with E-state index in [-0.39, 0.29) is 5.69 Å². The molecule has 2 N–H and O–H groups in total. The number of carboxylic acids is 1. The third kappa shape index (κ3) is 0.907. The molecule has 1 aromatic heterocycles. The maximum atomic E-state index is 10.3. The van der Waals surface area contributed by atoms with Gasteiger partial charge in [0.2, 0.25) is 0 Å². The second-order valence-electron chi connectivity index (χ2n) is 1.71. The Morgan fingerprint density at radius 3 is 3.00 bits per heavy atom. The van der Waals surface area contributed by atoms with Crippen LogP contribution < -0.4 is 0 Å². The lowest BCUT2D eigenvalue weighted by atomic mass is 10.2. The normalized spacial score (nSPS) is 9.20. The Morgan fingerprint density at radius 1 is 1.90 bits per heavy atom. The Kier molecular flexibility index (Phi) is 1.53. The highest BCUT2D eigenvalue weighted by atomic mass is 16.4. The highest BCUT2D eigenvalue weighted by molar-refractivity contribution is 5.89. The molecule has 0 aliphatic heterocycles. The van der Waals surface area contributed by atoms with E-state index < -0.39 is 5.97 Å². The van der Waals surface area contributed by atoms with Crippen molar-refractivity contribution in [1.29, 1.82) is 0 Å². The number of aromatic amines is 1. The number of hydrogen-bond acceptors (Lipinski definition) is 2. The molecule has 4 nitrogen and oxygen atoms in total. The first kappa shape index (κ1) is 6.54. The molecule has 0 saturated carbocycles. The maximum absolute atomic E-state index is 10.3. The van der Waals surface area contributed by atoms with Crippen LogP contribution in [-0.4, -0.2) is 21.3 Å². The molecule has 0 aromatic carbocycles. The van der Waals surface area contributed by atoms with E-state index in [0.717, 1.165) is 0 Å². The molecule has 0 aliphatic carbocycles. The number of carboxylic acid groups (broad SMARTS) is 1. The minimum absolute atomic E-state index is 0.0787. The van der Waals surface area contributed by atoms with Crippen LogP contribution in [0.5, 0.6) is 0 Å². The molecule has 52 valence electrons. The molecule has 0 saturated heterocycles. The molecule has 0 bridgehead atoms.